The van der Waals surface area contributed by atoms with E-state index in [9.17, 15) is 8.78 Å². The van der Waals surface area contributed by atoms with Gasteiger partial charge >= 0.3 is 0 Å². The summed E-state index contributed by atoms with van der Waals surface area (Å²) < 4.78 is 25.9. The fourth-order valence-electron chi connectivity index (χ4n) is 1.79. The van der Waals surface area contributed by atoms with Crippen LogP contribution >= 0.6 is 0 Å². The zero-order valence-corrected chi connectivity index (χ0v) is 9.47. The summed E-state index contributed by atoms with van der Waals surface area (Å²) in [6.07, 6.45) is 3.79. The summed E-state index contributed by atoms with van der Waals surface area (Å²) in [5.74, 6) is -2.74. The molecule has 3 heteroatoms. The van der Waals surface area contributed by atoms with Gasteiger partial charge in [0.2, 0.25) is 0 Å². The number of hydrogen-bond donors (Lipinski definition) is 1. The maximum Gasteiger partial charge on any atom is 0.270 e. The van der Waals surface area contributed by atoms with E-state index in [1.807, 2.05) is 0 Å². The van der Waals surface area contributed by atoms with Crippen molar-refractivity contribution in [2.45, 2.75) is 44.7 Å². The van der Waals surface area contributed by atoms with Crippen LogP contribution in [0.4, 0.5) is 8.78 Å². The van der Waals surface area contributed by atoms with Gasteiger partial charge in [-0.25, -0.2) is 8.78 Å². The highest BCUT2D eigenvalue weighted by Gasteiger charge is 2.23. The van der Waals surface area contributed by atoms with Crippen LogP contribution in [-0.4, -0.2) is 6.04 Å². The molecule has 0 spiro atoms. The van der Waals surface area contributed by atoms with Crippen molar-refractivity contribution in [1.29, 1.82) is 0 Å². The van der Waals surface area contributed by atoms with Crippen molar-refractivity contribution in [3.05, 3.63) is 35.4 Å². The number of nitrogens with one attached hydrogen (secondary N) is 1. The molecule has 0 unspecified atom stereocenters. The van der Waals surface area contributed by atoms with Gasteiger partial charge in [-0.2, -0.15) is 0 Å². The van der Waals surface area contributed by atoms with Crippen LogP contribution in [0.5, 0.6) is 0 Å². The summed E-state index contributed by atoms with van der Waals surface area (Å²) in [6, 6.07) is 7.21. The largest absolute Gasteiger partial charge is 0.310 e. The Morgan fingerprint density at radius 3 is 2.31 bits per heavy atom. The number of hydrogen-bond acceptors (Lipinski definition) is 1. The number of rotatable bonds is 4. The SMILES string of the molecule is CC(F)(F)c1ccc(CNC2CCC2)cc1. The minimum Gasteiger partial charge on any atom is -0.310 e. The van der Waals surface area contributed by atoms with E-state index < -0.39 is 5.92 Å². The van der Waals surface area contributed by atoms with E-state index >= 15 is 0 Å². The Balaban J connectivity index is 1.91. The fraction of sp³-hybridized carbons (Fsp3) is 0.538. The molecule has 1 N–H and O–H groups in total. The van der Waals surface area contributed by atoms with Crippen LogP contribution in [0.15, 0.2) is 24.3 Å². The molecule has 0 saturated heterocycles. The zero-order chi connectivity index (χ0) is 11.6. The molecule has 1 saturated carbocycles. The molecule has 1 aromatic carbocycles. The molecule has 0 heterocycles. The lowest BCUT2D eigenvalue weighted by molar-refractivity contribution is 0.0174. The van der Waals surface area contributed by atoms with Gasteiger partial charge in [0.05, 0.1) is 0 Å². The monoisotopic (exact) mass is 225 g/mol. The molecule has 0 atom stereocenters. The first-order chi connectivity index (χ1) is 7.55. The predicted molar refractivity (Wildman–Crippen MR) is 60.5 cm³/mol. The minimum atomic E-state index is -2.74. The van der Waals surface area contributed by atoms with Gasteiger partial charge in [-0.05, 0) is 18.4 Å². The molecule has 0 aromatic heterocycles. The molecule has 1 aliphatic carbocycles. The maximum absolute atomic E-state index is 12.9. The molecule has 1 nitrogen and oxygen atoms in total. The lowest BCUT2D eigenvalue weighted by Crippen LogP contribution is -2.34. The van der Waals surface area contributed by atoms with E-state index in [1.165, 1.54) is 31.4 Å². The normalized spacial score (nSPS) is 17.2. The summed E-state index contributed by atoms with van der Waals surface area (Å²) >= 11 is 0. The van der Waals surface area contributed by atoms with Gasteiger partial charge in [0.25, 0.3) is 5.92 Å². The summed E-state index contributed by atoms with van der Waals surface area (Å²) in [7, 11) is 0. The van der Waals surface area contributed by atoms with Crippen LogP contribution < -0.4 is 5.32 Å². The highest BCUT2D eigenvalue weighted by molar-refractivity contribution is 5.25. The van der Waals surface area contributed by atoms with Gasteiger partial charge in [0, 0.05) is 25.1 Å². The van der Waals surface area contributed by atoms with Crippen LogP contribution in [0, 0.1) is 0 Å². The van der Waals surface area contributed by atoms with Crippen LogP contribution in [0.1, 0.15) is 37.3 Å². The first-order valence-electron chi connectivity index (χ1n) is 5.76. The Labute approximate surface area is 94.9 Å². The number of halogens is 2. The average Bonchev–Trinajstić information content (AvgIpc) is 2.15. The standard InChI is InChI=1S/C13H17F2N/c1-13(14,15)11-7-5-10(6-8-11)9-16-12-3-2-4-12/h5-8,12,16H,2-4,9H2,1H3. The molecule has 1 fully saturated rings. The highest BCUT2D eigenvalue weighted by Crippen LogP contribution is 2.26. The second-order valence-electron chi connectivity index (χ2n) is 4.59. The molecule has 0 bridgehead atoms. The van der Waals surface area contributed by atoms with Crippen molar-refractivity contribution in [3.8, 4) is 0 Å². The summed E-state index contributed by atoms with van der Waals surface area (Å²) in [4.78, 5) is 0. The van der Waals surface area contributed by atoms with Gasteiger partial charge in [0.15, 0.2) is 0 Å². The van der Waals surface area contributed by atoms with E-state index in [1.54, 1.807) is 12.1 Å². The summed E-state index contributed by atoms with van der Waals surface area (Å²) in [5, 5.41) is 3.41. The third-order valence-corrected chi connectivity index (χ3v) is 3.16. The van der Waals surface area contributed by atoms with Gasteiger partial charge in [-0.1, -0.05) is 30.7 Å². The Kier molecular flexibility index (Phi) is 3.24. The Hall–Kier alpha value is -0.960. The molecular formula is C13H17F2N. The first-order valence-corrected chi connectivity index (χ1v) is 5.76. The molecule has 2 rings (SSSR count). The van der Waals surface area contributed by atoms with Gasteiger partial charge in [-0.3, -0.25) is 0 Å². The van der Waals surface area contributed by atoms with E-state index in [-0.39, 0.29) is 5.56 Å². The van der Waals surface area contributed by atoms with E-state index in [2.05, 4.69) is 5.32 Å². The van der Waals surface area contributed by atoms with Crippen molar-refractivity contribution in [2.24, 2.45) is 0 Å². The summed E-state index contributed by atoms with van der Waals surface area (Å²) in [5.41, 5.74) is 1.15. The van der Waals surface area contributed by atoms with E-state index in [4.69, 9.17) is 0 Å². The van der Waals surface area contributed by atoms with Crippen LogP contribution in [0.25, 0.3) is 0 Å². The van der Waals surface area contributed by atoms with E-state index in [0.717, 1.165) is 19.0 Å². The Morgan fingerprint density at radius 1 is 1.25 bits per heavy atom. The lowest BCUT2D eigenvalue weighted by atomic mass is 9.93. The van der Waals surface area contributed by atoms with Gasteiger partial charge in [0.1, 0.15) is 0 Å². The second kappa shape index (κ2) is 4.50. The Morgan fingerprint density at radius 2 is 1.88 bits per heavy atom. The Bertz CT molecular complexity index is 336. The zero-order valence-electron chi connectivity index (χ0n) is 9.47. The third-order valence-electron chi connectivity index (χ3n) is 3.16. The molecule has 0 radical (unpaired) electrons. The van der Waals surface area contributed by atoms with Crippen molar-refractivity contribution in [3.63, 3.8) is 0 Å². The minimum absolute atomic E-state index is 0.0832. The van der Waals surface area contributed by atoms with Gasteiger partial charge in [-0.15, -0.1) is 0 Å². The highest BCUT2D eigenvalue weighted by atomic mass is 19.3. The molecular weight excluding hydrogens is 208 g/mol. The van der Waals surface area contributed by atoms with Crippen molar-refractivity contribution in [1.82, 2.24) is 5.32 Å². The second-order valence-corrected chi connectivity index (χ2v) is 4.59. The lowest BCUT2D eigenvalue weighted by Gasteiger charge is -2.26. The van der Waals surface area contributed by atoms with Crippen molar-refractivity contribution in [2.75, 3.05) is 0 Å². The van der Waals surface area contributed by atoms with Crippen molar-refractivity contribution < 1.29 is 8.78 Å². The van der Waals surface area contributed by atoms with Crippen LogP contribution in [0.2, 0.25) is 0 Å². The number of benzene rings is 1. The van der Waals surface area contributed by atoms with Crippen LogP contribution in [0.3, 0.4) is 0 Å². The van der Waals surface area contributed by atoms with Crippen LogP contribution in [-0.2, 0) is 12.5 Å². The molecule has 0 aliphatic heterocycles. The molecule has 16 heavy (non-hydrogen) atoms. The topological polar surface area (TPSA) is 12.0 Å². The smallest absolute Gasteiger partial charge is 0.270 e. The quantitative estimate of drug-likeness (QED) is 0.827. The maximum atomic E-state index is 12.9. The fourth-order valence-corrected chi connectivity index (χ4v) is 1.79. The summed E-state index contributed by atoms with van der Waals surface area (Å²) in [6.45, 7) is 1.70. The van der Waals surface area contributed by atoms with Crippen molar-refractivity contribution >= 4 is 0 Å². The average molecular weight is 225 g/mol. The molecule has 88 valence electrons. The van der Waals surface area contributed by atoms with E-state index in [0.29, 0.717) is 6.04 Å². The number of alkyl halides is 2. The molecule has 1 aromatic rings. The predicted octanol–water partition coefficient (Wildman–Crippen LogP) is 3.44. The molecule has 1 aliphatic rings. The third kappa shape index (κ3) is 2.79. The molecule has 0 amide bonds. The van der Waals surface area contributed by atoms with Gasteiger partial charge < -0.3 is 5.32 Å². The first kappa shape index (κ1) is 11.5.